The van der Waals surface area contributed by atoms with Crippen LogP contribution in [0.25, 0.3) is 10.8 Å². The molecule has 1 amide bonds. The zero-order valence-corrected chi connectivity index (χ0v) is 20.0. The monoisotopic (exact) mass is 463 g/mol. The van der Waals surface area contributed by atoms with Gasteiger partial charge in [0.1, 0.15) is 0 Å². The molecule has 5 rings (SSSR count). The van der Waals surface area contributed by atoms with Gasteiger partial charge in [-0.3, -0.25) is 4.79 Å². The molecule has 0 saturated carbocycles. The summed E-state index contributed by atoms with van der Waals surface area (Å²) in [5, 5.41) is 6.18. The molecule has 35 heavy (non-hydrogen) atoms. The summed E-state index contributed by atoms with van der Waals surface area (Å²) in [6, 6.07) is 35.3. The number of amides is 1. The SMILES string of the molecule is N[C@@H](Cc1ccccc1)C(=O)N1C[C@H](Cc2ccccc2)NC[C@H]1Cc1ccc2ccccc2c1. The van der Waals surface area contributed by atoms with E-state index in [0.29, 0.717) is 13.0 Å². The van der Waals surface area contributed by atoms with Gasteiger partial charge in [-0.05, 0) is 46.7 Å². The summed E-state index contributed by atoms with van der Waals surface area (Å²) < 4.78 is 0. The van der Waals surface area contributed by atoms with Crippen LogP contribution in [0, 0.1) is 0 Å². The van der Waals surface area contributed by atoms with Crippen LogP contribution in [0.1, 0.15) is 16.7 Å². The summed E-state index contributed by atoms with van der Waals surface area (Å²) in [6.45, 7) is 1.42. The van der Waals surface area contributed by atoms with E-state index in [1.165, 1.54) is 21.9 Å². The fourth-order valence-corrected chi connectivity index (χ4v) is 5.16. The highest BCUT2D eigenvalue weighted by Crippen LogP contribution is 2.21. The van der Waals surface area contributed by atoms with Crippen LogP contribution in [0.5, 0.6) is 0 Å². The maximum atomic E-state index is 13.7. The van der Waals surface area contributed by atoms with Crippen molar-refractivity contribution >= 4 is 16.7 Å². The second-order valence-corrected chi connectivity index (χ2v) is 9.62. The van der Waals surface area contributed by atoms with Crippen LogP contribution >= 0.6 is 0 Å². The number of nitrogens with zero attached hydrogens (tertiary/aromatic N) is 1. The number of benzene rings is 4. The maximum Gasteiger partial charge on any atom is 0.240 e. The Balaban J connectivity index is 1.35. The minimum absolute atomic E-state index is 0.0409. The molecular weight excluding hydrogens is 430 g/mol. The Bertz CT molecular complexity index is 1260. The molecule has 1 aliphatic heterocycles. The number of hydrogen-bond donors (Lipinski definition) is 2. The average Bonchev–Trinajstić information content (AvgIpc) is 2.90. The molecule has 3 N–H and O–H groups in total. The van der Waals surface area contributed by atoms with Gasteiger partial charge in [-0.2, -0.15) is 0 Å². The molecule has 4 aromatic rings. The molecule has 1 aliphatic rings. The number of nitrogens with two attached hydrogens (primary N) is 1. The first-order valence-electron chi connectivity index (χ1n) is 12.5. The van der Waals surface area contributed by atoms with E-state index in [9.17, 15) is 4.79 Å². The van der Waals surface area contributed by atoms with Crippen molar-refractivity contribution in [1.82, 2.24) is 10.2 Å². The quantitative estimate of drug-likeness (QED) is 0.428. The van der Waals surface area contributed by atoms with E-state index in [0.717, 1.165) is 24.9 Å². The highest BCUT2D eigenvalue weighted by Gasteiger charge is 2.33. The van der Waals surface area contributed by atoms with E-state index >= 15 is 0 Å². The molecular formula is C31H33N3O. The molecule has 0 spiro atoms. The number of carbonyl (C=O) groups is 1. The number of carbonyl (C=O) groups excluding carboxylic acids is 1. The van der Waals surface area contributed by atoms with Crippen molar-refractivity contribution in [3.05, 3.63) is 120 Å². The van der Waals surface area contributed by atoms with Crippen LogP contribution in [0.2, 0.25) is 0 Å². The molecule has 1 saturated heterocycles. The van der Waals surface area contributed by atoms with Crippen molar-refractivity contribution in [2.45, 2.75) is 37.4 Å². The number of hydrogen-bond acceptors (Lipinski definition) is 3. The van der Waals surface area contributed by atoms with Gasteiger partial charge in [0.05, 0.1) is 6.04 Å². The van der Waals surface area contributed by atoms with Gasteiger partial charge in [-0.25, -0.2) is 0 Å². The molecule has 0 unspecified atom stereocenters. The molecule has 0 bridgehead atoms. The Hall–Kier alpha value is -3.47. The highest BCUT2D eigenvalue weighted by molar-refractivity contribution is 5.84. The van der Waals surface area contributed by atoms with Gasteiger partial charge < -0.3 is 16.0 Å². The van der Waals surface area contributed by atoms with E-state index in [2.05, 4.69) is 72.0 Å². The average molecular weight is 464 g/mol. The first kappa shape index (κ1) is 23.3. The first-order valence-corrected chi connectivity index (χ1v) is 12.5. The lowest BCUT2D eigenvalue weighted by molar-refractivity contribution is -0.136. The van der Waals surface area contributed by atoms with Crippen molar-refractivity contribution < 1.29 is 4.79 Å². The predicted octanol–water partition coefficient (Wildman–Crippen LogP) is 4.36. The van der Waals surface area contributed by atoms with Gasteiger partial charge in [-0.1, -0.05) is 103 Å². The number of nitrogens with one attached hydrogen (secondary N) is 1. The summed E-state index contributed by atoms with van der Waals surface area (Å²) in [5.41, 5.74) is 10.1. The van der Waals surface area contributed by atoms with Crippen molar-refractivity contribution in [2.75, 3.05) is 13.1 Å². The van der Waals surface area contributed by atoms with Crippen LogP contribution in [0.3, 0.4) is 0 Å². The van der Waals surface area contributed by atoms with E-state index in [1.807, 2.05) is 41.3 Å². The molecule has 4 heteroatoms. The van der Waals surface area contributed by atoms with Crippen molar-refractivity contribution in [1.29, 1.82) is 0 Å². The molecule has 0 aromatic heterocycles. The molecule has 4 nitrogen and oxygen atoms in total. The van der Waals surface area contributed by atoms with Crippen LogP contribution < -0.4 is 11.1 Å². The summed E-state index contributed by atoms with van der Waals surface area (Å²) >= 11 is 0. The Labute approximate surface area is 207 Å². The Morgan fingerprint density at radius 2 is 1.46 bits per heavy atom. The van der Waals surface area contributed by atoms with Gasteiger partial charge in [0, 0.05) is 25.2 Å². The fraction of sp³-hybridized carbons (Fsp3) is 0.258. The maximum absolute atomic E-state index is 13.7. The highest BCUT2D eigenvalue weighted by atomic mass is 16.2. The lowest BCUT2D eigenvalue weighted by Gasteiger charge is -2.42. The molecule has 178 valence electrons. The summed E-state index contributed by atoms with van der Waals surface area (Å²) in [5.74, 6) is 0.0409. The second-order valence-electron chi connectivity index (χ2n) is 9.62. The Morgan fingerprint density at radius 1 is 0.800 bits per heavy atom. The topological polar surface area (TPSA) is 58.4 Å². The van der Waals surface area contributed by atoms with Crippen LogP contribution in [-0.4, -0.2) is 42.0 Å². The zero-order chi connectivity index (χ0) is 24.0. The fourth-order valence-electron chi connectivity index (χ4n) is 5.16. The summed E-state index contributed by atoms with van der Waals surface area (Å²) in [4.78, 5) is 15.7. The number of piperazine rings is 1. The van der Waals surface area contributed by atoms with E-state index < -0.39 is 6.04 Å². The molecule has 0 radical (unpaired) electrons. The van der Waals surface area contributed by atoms with E-state index in [4.69, 9.17) is 5.73 Å². The third kappa shape index (κ3) is 5.79. The molecule has 3 atom stereocenters. The molecule has 1 heterocycles. The second kappa shape index (κ2) is 10.9. The van der Waals surface area contributed by atoms with E-state index in [1.54, 1.807) is 0 Å². The van der Waals surface area contributed by atoms with Gasteiger partial charge >= 0.3 is 0 Å². The third-order valence-corrected chi connectivity index (χ3v) is 7.01. The number of rotatable bonds is 7. The van der Waals surface area contributed by atoms with Crippen molar-refractivity contribution in [2.24, 2.45) is 5.73 Å². The largest absolute Gasteiger partial charge is 0.335 e. The minimum Gasteiger partial charge on any atom is -0.335 e. The molecule has 1 fully saturated rings. The lowest BCUT2D eigenvalue weighted by Crippen LogP contribution is -2.62. The smallest absolute Gasteiger partial charge is 0.240 e. The minimum atomic E-state index is -0.549. The third-order valence-electron chi connectivity index (χ3n) is 7.01. The van der Waals surface area contributed by atoms with E-state index in [-0.39, 0.29) is 18.0 Å². The first-order chi connectivity index (χ1) is 17.2. The summed E-state index contributed by atoms with van der Waals surface area (Å²) in [7, 11) is 0. The normalized spacial score (nSPS) is 18.9. The van der Waals surface area contributed by atoms with Crippen LogP contribution in [-0.2, 0) is 24.1 Å². The Morgan fingerprint density at radius 3 is 2.20 bits per heavy atom. The predicted molar refractivity (Wildman–Crippen MR) is 143 cm³/mol. The van der Waals surface area contributed by atoms with Gasteiger partial charge in [0.25, 0.3) is 0 Å². The molecule has 0 aliphatic carbocycles. The van der Waals surface area contributed by atoms with Gasteiger partial charge in [0.2, 0.25) is 5.91 Å². The Kier molecular flexibility index (Phi) is 7.22. The van der Waals surface area contributed by atoms with Crippen molar-refractivity contribution in [3.8, 4) is 0 Å². The lowest BCUT2D eigenvalue weighted by atomic mass is 9.95. The number of fused-ring (bicyclic) bond motifs is 1. The van der Waals surface area contributed by atoms with Gasteiger partial charge in [-0.15, -0.1) is 0 Å². The van der Waals surface area contributed by atoms with Gasteiger partial charge in [0.15, 0.2) is 0 Å². The van der Waals surface area contributed by atoms with Crippen LogP contribution in [0.15, 0.2) is 103 Å². The standard InChI is InChI=1S/C31H33N3O/c32-30(20-24-11-5-2-6-12-24)31(35)34-22-28(18-23-9-3-1-4-10-23)33-21-29(34)19-25-15-16-26-13-7-8-14-27(26)17-25/h1-17,28-30,33H,18-22,32H2/t28-,29+,30-/m0/s1. The zero-order valence-electron chi connectivity index (χ0n) is 20.0. The van der Waals surface area contributed by atoms with Crippen LogP contribution in [0.4, 0.5) is 0 Å². The molecule has 4 aromatic carbocycles. The van der Waals surface area contributed by atoms with Crippen molar-refractivity contribution in [3.63, 3.8) is 0 Å². The summed E-state index contributed by atoms with van der Waals surface area (Å²) in [6.07, 6.45) is 2.25.